The van der Waals surface area contributed by atoms with Gasteiger partial charge in [0.2, 0.25) is 0 Å². The molecule has 0 atom stereocenters. The standard InChI is InChI=1S/C18H15F2N3O3/c19-11-3-1-4-13(9-11)23-16(5-2-8-21-18(25)26)22-15-7-6-12(20)10-14(15)17(23)24/h1,3-4,6-7,9-10,21H,2,5,8H2,(H,25,26). The van der Waals surface area contributed by atoms with Crippen LogP contribution in [0, 0.1) is 11.6 Å². The van der Waals surface area contributed by atoms with Crippen molar-refractivity contribution < 1.29 is 18.7 Å². The number of carboxylic acid groups (broad SMARTS) is 1. The van der Waals surface area contributed by atoms with Crippen LogP contribution in [0.15, 0.2) is 47.3 Å². The zero-order valence-corrected chi connectivity index (χ0v) is 13.6. The highest BCUT2D eigenvalue weighted by atomic mass is 19.1. The van der Waals surface area contributed by atoms with Gasteiger partial charge in [-0.05, 0) is 42.8 Å². The SMILES string of the molecule is O=C(O)NCCCc1nc2ccc(F)cc2c(=O)n1-c1cccc(F)c1. The summed E-state index contributed by atoms with van der Waals surface area (Å²) in [6, 6.07) is 9.15. The molecule has 0 unspecified atom stereocenters. The maximum Gasteiger partial charge on any atom is 0.404 e. The van der Waals surface area contributed by atoms with Crippen LogP contribution in [0.4, 0.5) is 13.6 Å². The summed E-state index contributed by atoms with van der Waals surface area (Å²) < 4.78 is 28.4. The van der Waals surface area contributed by atoms with Gasteiger partial charge < -0.3 is 10.4 Å². The van der Waals surface area contributed by atoms with E-state index >= 15 is 0 Å². The van der Waals surface area contributed by atoms with Crippen LogP contribution in [0.5, 0.6) is 0 Å². The summed E-state index contributed by atoms with van der Waals surface area (Å²) in [4.78, 5) is 27.8. The molecular formula is C18H15F2N3O3. The fourth-order valence-corrected chi connectivity index (χ4v) is 2.69. The molecule has 3 aromatic rings. The molecule has 2 N–H and O–H groups in total. The summed E-state index contributed by atoms with van der Waals surface area (Å²) in [5.74, 6) is -0.750. The van der Waals surface area contributed by atoms with Gasteiger partial charge in [-0.2, -0.15) is 0 Å². The van der Waals surface area contributed by atoms with Gasteiger partial charge >= 0.3 is 6.09 Å². The molecule has 0 saturated heterocycles. The summed E-state index contributed by atoms with van der Waals surface area (Å²) in [5, 5.41) is 10.9. The van der Waals surface area contributed by atoms with E-state index in [2.05, 4.69) is 10.3 Å². The lowest BCUT2D eigenvalue weighted by atomic mass is 10.2. The van der Waals surface area contributed by atoms with Gasteiger partial charge in [0.1, 0.15) is 17.5 Å². The van der Waals surface area contributed by atoms with Crippen LogP contribution in [0.25, 0.3) is 16.6 Å². The molecule has 8 heteroatoms. The van der Waals surface area contributed by atoms with Crippen molar-refractivity contribution in [3.8, 4) is 5.69 Å². The monoisotopic (exact) mass is 359 g/mol. The first-order valence-corrected chi connectivity index (χ1v) is 7.89. The third kappa shape index (κ3) is 3.69. The third-order valence-electron chi connectivity index (χ3n) is 3.82. The number of benzene rings is 2. The highest BCUT2D eigenvalue weighted by Gasteiger charge is 2.14. The number of halogens is 2. The lowest BCUT2D eigenvalue weighted by Crippen LogP contribution is -2.26. The lowest BCUT2D eigenvalue weighted by molar-refractivity contribution is 0.194. The number of carbonyl (C=O) groups is 1. The minimum atomic E-state index is -1.14. The van der Waals surface area contributed by atoms with Gasteiger partial charge in [-0.1, -0.05) is 6.07 Å². The quantitative estimate of drug-likeness (QED) is 0.686. The fraction of sp³-hybridized carbons (Fsp3) is 0.167. The molecule has 1 aromatic heterocycles. The van der Waals surface area contributed by atoms with E-state index in [0.29, 0.717) is 17.8 Å². The van der Waals surface area contributed by atoms with E-state index in [0.717, 1.165) is 6.07 Å². The number of aryl methyl sites for hydroxylation is 1. The average Bonchev–Trinajstić information content (AvgIpc) is 2.59. The van der Waals surface area contributed by atoms with E-state index in [1.807, 2.05) is 0 Å². The Morgan fingerprint density at radius 1 is 1.15 bits per heavy atom. The Kier molecular flexibility index (Phi) is 4.92. The molecule has 1 heterocycles. The molecule has 0 fully saturated rings. The van der Waals surface area contributed by atoms with E-state index in [1.165, 1.54) is 34.9 Å². The van der Waals surface area contributed by atoms with Crippen molar-refractivity contribution in [3.63, 3.8) is 0 Å². The minimum Gasteiger partial charge on any atom is -0.465 e. The van der Waals surface area contributed by atoms with Gasteiger partial charge in [-0.25, -0.2) is 18.6 Å². The van der Waals surface area contributed by atoms with Crippen molar-refractivity contribution in [2.24, 2.45) is 0 Å². The second-order valence-electron chi connectivity index (χ2n) is 5.65. The van der Waals surface area contributed by atoms with Crippen LogP contribution in [0.1, 0.15) is 12.2 Å². The molecule has 0 aliphatic heterocycles. The minimum absolute atomic E-state index is 0.0849. The smallest absolute Gasteiger partial charge is 0.404 e. The number of nitrogens with one attached hydrogen (secondary N) is 1. The summed E-state index contributed by atoms with van der Waals surface area (Å²) >= 11 is 0. The van der Waals surface area contributed by atoms with Crippen molar-refractivity contribution >= 4 is 17.0 Å². The normalized spacial score (nSPS) is 10.8. The number of nitrogens with zero attached hydrogens (tertiary/aromatic N) is 2. The predicted molar refractivity (Wildman–Crippen MR) is 91.6 cm³/mol. The molecule has 26 heavy (non-hydrogen) atoms. The van der Waals surface area contributed by atoms with E-state index < -0.39 is 23.3 Å². The van der Waals surface area contributed by atoms with Gasteiger partial charge in [0.05, 0.1) is 16.6 Å². The summed E-state index contributed by atoms with van der Waals surface area (Å²) in [6.07, 6.45) is -0.477. The Bertz CT molecular complexity index is 1030. The summed E-state index contributed by atoms with van der Waals surface area (Å²) in [7, 11) is 0. The van der Waals surface area contributed by atoms with Crippen molar-refractivity contribution in [1.82, 2.24) is 14.9 Å². The molecule has 0 aliphatic rings. The predicted octanol–water partition coefficient (Wildman–Crippen LogP) is 2.86. The Hall–Kier alpha value is -3.29. The van der Waals surface area contributed by atoms with E-state index in [4.69, 9.17) is 5.11 Å². The number of hydrogen-bond acceptors (Lipinski definition) is 3. The van der Waals surface area contributed by atoms with Crippen molar-refractivity contribution in [2.75, 3.05) is 6.54 Å². The van der Waals surface area contributed by atoms with Gasteiger partial charge in [-0.15, -0.1) is 0 Å². The van der Waals surface area contributed by atoms with E-state index in [-0.39, 0.29) is 24.0 Å². The Balaban J connectivity index is 2.11. The zero-order chi connectivity index (χ0) is 18.7. The average molecular weight is 359 g/mol. The van der Waals surface area contributed by atoms with E-state index in [9.17, 15) is 18.4 Å². The fourth-order valence-electron chi connectivity index (χ4n) is 2.69. The van der Waals surface area contributed by atoms with Crippen LogP contribution in [0.3, 0.4) is 0 Å². The first kappa shape index (κ1) is 17.5. The van der Waals surface area contributed by atoms with Crippen LogP contribution < -0.4 is 10.9 Å². The van der Waals surface area contributed by atoms with Crippen molar-refractivity contribution in [2.45, 2.75) is 12.8 Å². The van der Waals surface area contributed by atoms with Gasteiger partial charge in [0.25, 0.3) is 5.56 Å². The lowest BCUT2D eigenvalue weighted by Gasteiger charge is -2.14. The highest BCUT2D eigenvalue weighted by molar-refractivity contribution is 5.78. The molecule has 0 bridgehead atoms. The Labute approximate surface area is 146 Å². The third-order valence-corrected chi connectivity index (χ3v) is 3.82. The Morgan fingerprint density at radius 2 is 1.92 bits per heavy atom. The zero-order valence-electron chi connectivity index (χ0n) is 13.6. The molecule has 0 spiro atoms. The van der Waals surface area contributed by atoms with Crippen LogP contribution in [-0.2, 0) is 6.42 Å². The van der Waals surface area contributed by atoms with E-state index in [1.54, 1.807) is 6.07 Å². The van der Waals surface area contributed by atoms with Gasteiger partial charge in [-0.3, -0.25) is 9.36 Å². The molecule has 6 nitrogen and oxygen atoms in total. The second kappa shape index (κ2) is 7.30. The molecule has 0 aliphatic carbocycles. The molecule has 2 aromatic carbocycles. The molecule has 3 rings (SSSR count). The highest BCUT2D eigenvalue weighted by Crippen LogP contribution is 2.16. The maximum atomic E-state index is 13.6. The summed E-state index contributed by atoms with van der Waals surface area (Å²) in [6.45, 7) is 0.176. The van der Waals surface area contributed by atoms with Gasteiger partial charge in [0.15, 0.2) is 0 Å². The van der Waals surface area contributed by atoms with Crippen molar-refractivity contribution in [3.05, 3.63) is 70.3 Å². The molecular weight excluding hydrogens is 344 g/mol. The number of rotatable bonds is 5. The van der Waals surface area contributed by atoms with Crippen molar-refractivity contribution in [1.29, 1.82) is 0 Å². The topological polar surface area (TPSA) is 84.2 Å². The second-order valence-corrected chi connectivity index (χ2v) is 5.65. The van der Waals surface area contributed by atoms with Gasteiger partial charge in [0, 0.05) is 13.0 Å². The van der Waals surface area contributed by atoms with Crippen LogP contribution in [0.2, 0.25) is 0 Å². The Morgan fingerprint density at radius 3 is 2.65 bits per heavy atom. The first-order chi connectivity index (χ1) is 12.5. The first-order valence-electron chi connectivity index (χ1n) is 7.89. The number of hydrogen-bond donors (Lipinski definition) is 2. The maximum absolute atomic E-state index is 13.6. The number of fused-ring (bicyclic) bond motifs is 1. The molecule has 0 radical (unpaired) electrons. The molecule has 134 valence electrons. The summed E-state index contributed by atoms with van der Waals surface area (Å²) in [5.41, 5.74) is 0.0846. The number of aromatic nitrogens is 2. The van der Waals surface area contributed by atoms with Crippen LogP contribution >= 0.6 is 0 Å². The molecule has 0 saturated carbocycles. The largest absolute Gasteiger partial charge is 0.465 e. The molecule has 1 amide bonds. The number of amides is 1. The van der Waals surface area contributed by atoms with Crippen LogP contribution in [-0.4, -0.2) is 27.3 Å².